The number of carbonyl (C=O) groups excluding carboxylic acids is 2. The van der Waals surface area contributed by atoms with Gasteiger partial charge in [0.05, 0.1) is 17.6 Å². The number of nitrogens with one attached hydrogen (secondary N) is 1. The van der Waals surface area contributed by atoms with Crippen LogP contribution in [0.4, 0.5) is 18.0 Å². The number of rotatable bonds is 4. The lowest BCUT2D eigenvalue weighted by Gasteiger charge is -2.43. The second-order valence-corrected chi connectivity index (χ2v) is 7.73. The van der Waals surface area contributed by atoms with Crippen molar-refractivity contribution in [2.75, 3.05) is 32.9 Å². The van der Waals surface area contributed by atoms with Crippen molar-refractivity contribution in [1.82, 2.24) is 10.2 Å². The molecule has 2 saturated heterocycles. The van der Waals surface area contributed by atoms with Gasteiger partial charge in [0, 0.05) is 32.3 Å². The molecule has 2 heterocycles. The molecule has 2 aliphatic rings. The molecule has 1 aromatic carbocycles. The molecule has 2 amide bonds. The van der Waals surface area contributed by atoms with Crippen molar-refractivity contribution in [3.05, 3.63) is 35.4 Å². The van der Waals surface area contributed by atoms with Gasteiger partial charge in [-0.2, -0.15) is 13.2 Å². The van der Waals surface area contributed by atoms with Crippen LogP contribution in [0.1, 0.15) is 43.7 Å². The molecule has 0 saturated carbocycles. The summed E-state index contributed by atoms with van der Waals surface area (Å²) in [5.74, 6) is -0.208. The smallest absolute Gasteiger partial charge is 0.416 e. The van der Waals surface area contributed by atoms with Gasteiger partial charge in [0.1, 0.15) is 0 Å². The van der Waals surface area contributed by atoms with Gasteiger partial charge in [-0.15, -0.1) is 0 Å². The fourth-order valence-electron chi connectivity index (χ4n) is 4.26. The molecule has 2 aliphatic heterocycles. The minimum atomic E-state index is -4.48. The SMILES string of the molecule is CCOC(=O)NC1CCCN(C(=O)C2(c3cccc(C(F)(F)F)c3)CCOCC2)C1. The maximum absolute atomic E-state index is 13.6. The van der Waals surface area contributed by atoms with Crippen LogP contribution in [0.5, 0.6) is 0 Å². The van der Waals surface area contributed by atoms with Crippen molar-refractivity contribution in [3.63, 3.8) is 0 Å². The first kappa shape index (κ1) is 22.4. The quantitative estimate of drug-likeness (QED) is 0.797. The topological polar surface area (TPSA) is 67.9 Å². The summed E-state index contributed by atoms with van der Waals surface area (Å²) in [6, 6.07) is 4.80. The number of benzene rings is 1. The normalized spacial score (nSPS) is 21.7. The number of hydrogen-bond acceptors (Lipinski definition) is 4. The Morgan fingerprint density at radius 3 is 2.70 bits per heavy atom. The first-order chi connectivity index (χ1) is 14.3. The van der Waals surface area contributed by atoms with Crippen molar-refractivity contribution in [3.8, 4) is 0 Å². The van der Waals surface area contributed by atoms with Gasteiger partial charge in [-0.05, 0) is 44.2 Å². The first-order valence-corrected chi connectivity index (χ1v) is 10.2. The van der Waals surface area contributed by atoms with Gasteiger partial charge in [-0.25, -0.2) is 4.79 Å². The monoisotopic (exact) mass is 428 g/mol. The lowest BCUT2D eigenvalue weighted by molar-refractivity contribution is -0.143. The summed E-state index contributed by atoms with van der Waals surface area (Å²) in [5, 5.41) is 2.76. The molecule has 2 fully saturated rings. The van der Waals surface area contributed by atoms with E-state index >= 15 is 0 Å². The highest BCUT2D eigenvalue weighted by molar-refractivity contribution is 5.88. The molecule has 0 spiro atoms. The number of nitrogens with zero attached hydrogens (tertiary/aromatic N) is 1. The van der Waals surface area contributed by atoms with Crippen molar-refractivity contribution in [1.29, 1.82) is 0 Å². The molecule has 166 valence electrons. The van der Waals surface area contributed by atoms with E-state index in [0.717, 1.165) is 12.1 Å². The van der Waals surface area contributed by atoms with Crippen molar-refractivity contribution in [2.45, 2.75) is 50.2 Å². The molecular weight excluding hydrogens is 401 g/mol. The van der Waals surface area contributed by atoms with E-state index in [1.54, 1.807) is 17.9 Å². The molecular formula is C21H27F3N2O4. The number of ether oxygens (including phenoxy) is 2. The third kappa shape index (κ3) is 4.88. The fourth-order valence-corrected chi connectivity index (χ4v) is 4.26. The van der Waals surface area contributed by atoms with Crippen LogP contribution in [-0.4, -0.2) is 55.9 Å². The number of alkyl carbamates (subject to hydrolysis) is 1. The predicted octanol–water partition coefficient (Wildman–Crippen LogP) is 3.49. The number of hydrogen-bond donors (Lipinski definition) is 1. The molecule has 0 aromatic heterocycles. The molecule has 0 aliphatic carbocycles. The number of piperidine rings is 1. The van der Waals surface area contributed by atoms with Crippen molar-refractivity contribution >= 4 is 12.0 Å². The average Bonchev–Trinajstić information content (AvgIpc) is 2.73. The molecule has 1 unspecified atom stereocenters. The maximum Gasteiger partial charge on any atom is 0.416 e. The van der Waals surface area contributed by atoms with Crippen LogP contribution in [0.25, 0.3) is 0 Å². The Hall–Kier alpha value is -2.29. The van der Waals surface area contributed by atoms with Gasteiger partial charge in [0.15, 0.2) is 0 Å². The Balaban J connectivity index is 1.85. The summed E-state index contributed by atoms with van der Waals surface area (Å²) in [7, 11) is 0. The summed E-state index contributed by atoms with van der Waals surface area (Å²) in [6.07, 6.45) is -2.97. The van der Waals surface area contributed by atoms with Gasteiger partial charge < -0.3 is 19.7 Å². The number of likely N-dealkylation sites (tertiary alicyclic amines) is 1. The molecule has 1 aromatic rings. The van der Waals surface area contributed by atoms with Gasteiger partial charge in [-0.1, -0.05) is 18.2 Å². The number of alkyl halides is 3. The van der Waals surface area contributed by atoms with Crippen LogP contribution >= 0.6 is 0 Å². The Morgan fingerprint density at radius 2 is 2.03 bits per heavy atom. The van der Waals surface area contributed by atoms with E-state index < -0.39 is 23.2 Å². The highest BCUT2D eigenvalue weighted by Crippen LogP contribution is 2.40. The van der Waals surface area contributed by atoms with E-state index in [4.69, 9.17) is 9.47 Å². The maximum atomic E-state index is 13.6. The van der Waals surface area contributed by atoms with Crippen LogP contribution in [0.2, 0.25) is 0 Å². The average molecular weight is 428 g/mol. The zero-order valence-corrected chi connectivity index (χ0v) is 17.0. The third-order valence-corrected chi connectivity index (χ3v) is 5.80. The molecule has 3 rings (SSSR count). The Morgan fingerprint density at radius 1 is 1.30 bits per heavy atom. The van der Waals surface area contributed by atoms with E-state index in [1.807, 2.05) is 0 Å². The molecule has 30 heavy (non-hydrogen) atoms. The highest BCUT2D eigenvalue weighted by Gasteiger charge is 2.46. The van der Waals surface area contributed by atoms with Gasteiger partial charge >= 0.3 is 12.3 Å². The molecule has 6 nitrogen and oxygen atoms in total. The summed E-state index contributed by atoms with van der Waals surface area (Å²) in [5.41, 5.74) is -1.46. The number of carbonyl (C=O) groups is 2. The zero-order valence-electron chi connectivity index (χ0n) is 17.0. The van der Waals surface area contributed by atoms with Gasteiger partial charge in [0.2, 0.25) is 5.91 Å². The van der Waals surface area contributed by atoms with Crippen LogP contribution in [0.15, 0.2) is 24.3 Å². The Bertz CT molecular complexity index is 763. The molecule has 0 radical (unpaired) electrons. The van der Waals surface area contributed by atoms with E-state index in [9.17, 15) is 22.8 Å². The van der Waals surface area contributed by atoms with Crippen LogP contribution in [0, 0.1) is 0 Å². The van der Waals surface area contributed by atoms with Gasteiger partial charge in [0.25, 0.3) is 0 Å². The van der Waals surface area contributed by atoms with E-state index in [2.05, 4.69) is 5.32 Å². The largest absolute Gasteiger partial charge is 0.450 e. The third-order valence-electron chi connectivity index (χ3n) is 5.80. The Kier molecular flexibility index (Phi) is 6.90. The molecule has 0 bridgehead atoms. The molecule has 1 N–H and O–H groups in total. The van der Waals surface area contributed by atoms with Gasteiger partial charge in [-0.3, -0.25) is 4.79 Å². The highest BCUT2D eigenvalue weighted by atomic mass is 19.4. The first-order valence-electron chi connectivity index (χ1n) is 10.2. The summed E-state index contributed by atoms with van der Waals surface area (Å²) < 4.78 is 50.2. The Labute approximate surface area is 173 Å². The van der Waals surface area contributed by atoms with Crippen LogP contribution in [0.3, 0.4) is 0 Å². The summed E-state index contributed by atoms with van der Waals surface area (Å²) in [6.45, 7) is 3.38. The fraction of sp³-hybridized carbons (Fsp3) is 0.619. The number of amides is 2. The lowest BCUT2D eigenvalue weighted by atomic mass is 9.72. The van der Waals surface area contributed by atoms with E-state index in [-0.39, 0.29) is 18.6 Å². The van der Waals surface area contributed by atoms with E-state index in [0.29, 0.717) is 57.6 Å². The molecule has 1 atom stereocenters. The minimum Gasteiger partial charge on any atom is -0.450 e. The van der Waals surface area contributed by atoms with Crippen molar-refractivity contribution < 1.29 is 32.2 Å². The lowest BCUT2D eigenvalue weighted by Crippen LogP contribution is -2.56. The van der Waals surface area contributed by atoms with Crippen LogP contribution < -0.4 is 5.32 Å². The second kappa shape index (κ2) is 9.24. The summed E-state index contributed by atoms with van der Waals surface area (Å²) >= 11 is 0. The van der Waals surface area contributed by atoms with Crippen molar-refractivity contribution in [2.24, 2.45) is 0 Å². The van der Waals surface area contributed by atoms with Crippen LogP contribution in [-0.2, 0) is 25.9 Å². The second-order valence-electron chi connectivity index (χ2n) is 7.73. The predicted molar refractivity (Wildman–Crippen MR) is 103 cm³/mol. The zero-order chi connectivity index (χ0) is 21.8. The standard InChI is InChI=1S/C21H27F3N2O4/c1-2-30-19(28)25-17-7-4-10-26(14-17)18(27)20(8-11-29-12-9-20)15-5-3-6-16(13-15)21(22,23)24/h3,5-6,13,17H,2,4,7-12,14H2,1H3,(H,25,28). The molecule has 9 heteroatoms. The van der Waals surface area contributed by atoms with E-state index in [1.165, 1.54) is 6.07 Å². The minimum absolute atomic E-state index is 0.208. The summed E-state index contributed by atoms with van der Waals surface area (Å²) in [4.78, 5) is 27.0. The number of halogens is 3.